The number of hydrogen-bond acceptors (Lipinski definition) is 2. The summed E-state index contributed by atoms with van der Waals surface area (Å²) in [6.07, 6.45) is 0. The summed E-state index contributed by atoms with van der Waals surface area (Å²) in [7, 11) is 0. The molecule has 1 aromatic heterocycles. The fourth-order valence-corrected chi connectivity index (χ4v) is 7.81. The van der Waals surface area contributed by atoms with Gasteiger partial charge >= 0.3 is 0 Å². The van der Waals surface area contributed by atoms with Crippen molar-refractivity contribution in [2.75, 3.05) is 0 Å². The van der Waals surface area contributed by atoms with Crippen LogP contribution in [-0.2, 0) is 0 Å². The van der Waals surface area contributed by atoms with Crippen LogP contribution in [-0.4, -0.2) is 9.97 Å². The first-order chi connectivity index (χ1) is 25.8. The molecule has 0 N–H and O–H groups in total. The molecule has 52 heavy (non-hydrogen) atoms. The van der Waals surface area contributed by atoms with Gasteiger partial charge in [-0.15, -0.1) is 0 Å². The summed E-state index contributed by atoms with van der Waals surface area (Å²) in [5.41, 5.74) is 9.59. The van der Waals surface area contributed by atoms with Crippen molar-refractivity contribution < 1.29 is 0 Å². The Kier molecular flexibility index (Phi) is 7.18. The van der Waals surface area contributed by atoms with Crippen LogP contribution in [0, 0.1) is 0 Å². The molecule has 0 unspecified atom stereocenters. The van der Waals surface area contributed by atoms with E-state index in [0.717, 1.165) is 39.2 Å². The van der Waals surface area contributed by atoms with E-state index in [1.165, 1.54) is 54.2 Å². The molecule has 0 radical (unpaired) electrons. The lowest BCUT2D eigenvalue weighted by molar-refractivity contribution is 1.18. The van der Waals surface area contributed by atoms with Crippen molar-refractivity contribution in [2.45, 2.75) is 0 Å². The Morgan fingerprint density at radius 3 is 1.69 bits per heavy atom. The number of nitrogens with zero attached hydrogens (tertiary/aromatic N) is 2. The summed E-state index contributed by atoms with van der Waals surface area (Å²) in [6.45, 7) is 0. The minimum absolute atomic E-state index is 0.701. The summed E-state index contributed by atoms with van der Waals surface area (Å²) in [5.74, 6) is 0.701. The van der Waals surface area contributed by atoms with Gasteiger partial charge in [0.05, 0.1) is 11.4 Å². The highest BCUT2D eigenvalue weighted by Gasteiger charge is 2.18. The molecule has 10 aromatic rings. The van der Waals surface area contributed by atoms with Gasteiger partial charge in [-0.05, 0) is 83.5 Å². The minimum atomic E-state index is 0.701. The Morgan fingerprint density at radius 1 is 0.269 bits per heavy atom. The lowest BCUT2D eigenvalue weighted by Gasteiger charge is -2.17. The molecule has 0 amide bonds. The van der Waals surface area contributed by atoms with E-state index in [4.69, 9.17) is 9.97 Å². The van der Waals surface area contributed by atoms with Crippen molar-refractivity contribution in [1.29, 1.82) is 0 Å². The average Bonchev–Trinajstić information content (AvgIpc) is 3.23. The van der Waals surface area contributed by atoms with Crippen molar-refractivity contribution in [3.8, 4) is 56.2 Å². The second-order valence-electron chi connectivity index (χ2n) is 13.3. The molecule has 2 nitrogen and oxygen atoms in total. The van der Waals surface area contributed by atoms with Crippen molar-refractivity contribution in [1.82, 2.24) is 9.97 Å². The summed E-state index contributed by atoms with van der Waals surface area (Å²) in [4.78, 5) is 10.5. The smallest absolute Gasteiger partial charge is 0.160 e. The van der Waals surface area contributed by atoms with E-state index < -0.39 is 0 Å². The number of fused-ring (bicyclic) bond motifs is 5. The topological polar surface area (TPSA) is 25.8 Å². The highest BCUT2D eigenvalue weighted by Crippen LogP contribution is 2.43. The standard InChI is InChI=1S/C50H32N2/c1-2-16-35(17-3-1)50-51-47(38-21-12-20-36(30-38)41-27-13-19-33-14-4-7-22-39(33)41)32-48(52-50)43-25-10-11-26-44(43)49-42-24-9-6-18-37(42)31-46-40-23-8-5-15-34(40)28-29-45(46)49/h1-32H. The van der Waals surface area contributed by atoms with Gasteiger partial charge in [0.15, 0.2) is 5.82 Å². The van der Waals surface area contributed by atoms with Crippen LogP contribution in [0.3, 0.4) is 0 Å². The van der Waals surface area contributed by atoms with E-state index in [9.17, 15) is 0 Å². The summed E-state index contributed by atoms with van der Waals surface area (Å²) in [6, 6.07) is 69.3. The fraction of sp³-hybridized carbons (Fsp3) is 0. The van der Waals surface area contributed by atoms with Crippen LogP contribution in [0.2, 0.25) is 0 Å². The van der Waals surface area contributed by atoms with Gasteiger partial charge in [-0.2, -0.15) is 0 Å². The Hall–Kier alpha value is -6.90. The maximum absolute atomic E-state index is 5.31. The molecule has 1 heterocycles. The second kappa shape index (κ2) is 12.5. The quantitative estimate of drug-likeness (QED) is 0.136. The SMILES string of the molecule is c1ccc(-c2nc(-c3cccc(-c4cccc5ccccc45)c3)cc(-c3ccccc3-c3c4ccccc4cc4c3ccc3ccccc34)n2)cc1. The molecule has 0 aliphatic carbocycles. The first kappa shape index (κ1) is 30.0. The molecular formula is C50H32N2. The highest BCUT2D eigenvalue weighted by atomic mass is 14.9. The molecule has 0 saturated carbocycles. The molecule has 0 saturated heterocycles. The Morgan fingerprint density at radius 2 is 0.846 bits per heavy atom. The zero-order valence-electron chi connectivity index (χ0n) is 28.4. The fourth-order valence-electron chi connectivity index (χ4n) is 7.81. The normalized spacial score (nSPS) is 11.5. The lowest BCUT2D eigenvalue weighted by Crippen LogP contribution is -1.97. The van der Waals surface area contributed by atoms with Gasteiger partial charge in [0.25, 0.3) is 0 Å². The van der Waals surface area contributed by atoms with E-state index in [0.29, 0.717) is 5.82 Å². The van der Waals surface area contributed by atoms with E-state index in [-0.39, 0.29) is 0 Å². The van der Waals surface area contributed by atoms with Gasteiger partial charge in [-0.3, -0.25) is 0 Å². The zero-order valence-corrected chi connectivity index (χ0v) is 28.4. The van der Waals surface area contributed by atoms with Crippen LogP contribution >= 0.6 is 0 Å². The summed E-state index contributed by atoms with van der Waals surface area (Å²) in [5, 5.41) is 9.87. The van der Waals surface area contributed by atoms with Gasteiger partial charge in [-0.1, -0.05) is 176 Å². The van der Waals surface area contributed by atoms with Crippen LogP contribution < -0.4 is 0 Å². The van der Waals surface area contributed by atoms with Crippen LogP contribution in [0.1, 0.15) is 0 Å². The number of hydrogen-bond donors (Lipinski definition) is 0. The van der Waals surface area contributed by atoms with Gasteiger partial charge in [0.1, 0.15) is 0 Å². The summed E-state index contributed by atoms with van der Waals surface area (Å²) < 4.78 is 0. The number of benzene rings is 9. The predicted octanol–water partition coefficient (Wildman–Crippen LogP) is 13.4. The van der Waals surface area contributed by atoms with Crippen molar-refractivity contribution in [3.05, 3.63) is 194 Å². The van der Waals surface area contributed by atoms with Crippen molar-refractivity contribution >= 4 is 43.1 Å². The number of aromatic nitrogens is 2. The first-order valence-electron chi connectivity index (χ1n) is 17.7. The van der Waals surface area contributed by atoms with Crippen molar-refractivity contribution in [3.63, 3.8) is 0 Å². The van der Waals surface area contributed by atoms with E-state index >= 15 is 0 Å². The molecular weight excluding hydrogens is 629 g/mol. The highest BCUT2D eigenvalue weighted by molar-refractivity contribution is 6.21. The van der Waals surface area contributed by atoms with E-state index in [1.54, 1.807) is 0 Å². The third-order valence-corrected chi connectivity index (χ3v) is 10.3. The van der Waals surface area contributed by atoms with Gasteiger partial charge in [-0.25, -0.2) is 9.97 Å². The molecule has 0 aliphatic heterocycles. The molecule has 0 bridgehead atoms. The molecule has 242 valence electrons. The van der Waals surface area contributed by atoms with Gasteiger partial charge < -0.3 is 0 Å². The third-order valence-electron chi connectivity index (χ3n) is 10.3. The molecule has 10 rings (SSSR count). The Bertz CT molecular complexity index is 2960. The molecule has 9 aromatic carbocycles. The van der Waals surface area contributed by atoms with E-state index in [1.807, 2.05) is 18.2 Å². The van der Waals surface area contributed by atoms with Crippen molar-refractivity contribution in [2.24, 2.45) is 0 Å². The first-order valence-corrected chi connectivity index (χ1v) is 17.7. The second-order valence-corrected chi connectivity index (χ2v) is 13.3. The van der Waals surface area contributed by atoms with E-state index in [2.05, 4.69) is 176 Å². The van der Waals surface area contributed by atoms with Crippen LogP contribution in [0.15, 0.2) is 194 Å². The van der Waals surface area contributed by atoms with Crippen LogP contribution in [0.5, 0.6) is 0 Å². The lowest BCUT2D eigenvalue weighted by atomic mass is 9.87. The minimum Gasteiger partial charge on any atom is -0.228 e. The molecule has 0 aliphatic rings. The molecule has 0 atom stereocenters. The largest absolute Gasteiger partial charge is 0.228 e. The number of rotatable bonds is 5. The third kappa shape index (κ3) is 5.12. The Balaban J connectivity index is 1.22. The predicted molar refractivity (Wildman–Crippen MR) is 219 cm³/mol. The zero-order chi connectivity index (χ0) is 34.4. The maximum Gasteiger partial charge on any atom is 0.160 e. The summed E-state index contributed by atoms with van der Waals surface area (Å²) >= 11 is 0. The monoisotopic (exact) mass is 660 g/mol. The Labute approximate surface area is 302 Å². The maximum atomic E-state index is 5.31. The molecule has 0 fully saturated rings. The van der Waals surface area contributed by atoms with Gasteiger partial charge in [0, 0.05) is 16.7 Å². The van der Waals surface area contributed by atoms with Crippen LogP contribution in [0.4, 0.5) is 0 Å². The molecule has 2 heteroatoms. The van der Waals surface area contributed by atoms with Crippen LogP contribution in [0.25, 0.3) is 99.2 Å². The average molecular weight is 661 g/mol. The van der Waals surface area contributed by atoms with Gasteiger partial charge in [0.2, 0.25) is 0 Å². The molecule has 0 spiro atoms.